The highest BCUT2D eigenvalue weighted by Gasteiger charge is 2.38. The van der Waals surface area contributed by atoms with Crippen molar-refractivity contribution in [2.75, 3.05) is 41.3 Å². The van der Waals surface area contributed by atoms with E-state index in [2.05, 4.69) is 37.4 Å². The summed E-state index contributed by atoms with van der Waals surface area (Å²) in [5.41, 5.74) is 1.81. The van der Waals surface area contributed by atoms with Gasteiger partial charge >= 0.3 is 5.91 Å². The summed E-state index contributed by atoms with van der Waals surface area (Å²) in [5.74, 6) is -0.0845. The molecule has 5 rings (SSSR count). The predicted molar refractivity (Wildman–Crippen MR) is 137 cm³/mol. The van der Waals surface area contributed by atoms with Crippen molar-refractivity contribution in [1.82, 2.24) is 35.3 Å². The summed E-state index contributed by atoms with van der Waals surface area (Å²) in [4.78, 5) is 55.2. The zero-order valence-corrected chi connectivity index (χ0v) is 22.7. The lowest BCUT2D eigenvalue weighted by molar-refractivity contribution is -0.134. The van der Waals surface area contributed by atoms with Gasteiger partial charge in [-0.05, 0) is 33.4 Å². The summed E-state index contributed by atoms with van der Waals surface area (Å²) >= 11 is 1.42. The summed E-state index contributed by atoms with van der Waals surface area (Å²) < 4.78 is 5.79. The van der Waals surface area contributed by atoms with Crippen LogP contribution in [-0.2, 0) is 30.7 Å². The Labute approximate surface area is 220 Å². The average Bonchev–Trinajstić information content (AvgIpc) is 3.48. The standard InChI is InChI=1S/C25H35N7O4S/c1-30(2)25(35)14-5-6-15(26-21(33)23-28-16-7-9-31(3)12-19(16)36-23)18(11-14)27-22(34)24-29-17-8-10-32(4)13-20(17)37-24/h14-15,18H,5-13H2,1-4H3,(H,26,33)(H,27,34)/t14-,15-,18+/m0/s1. The molecule has 2 aromatic rings. The minimum Gasteiger partial charge on any atom is -0.436 e. The second kappa shape index (κ2) is 10.5. The van der Waals surface area contributed by atoms with Crippen LogP contribution in [0.5, 0.6) is 0 Å². The van der Waals surface area contributed by atoms with Crippen molar-refractivity contribution in [1.29, 1.82) is 0 Å². The fourth-order valence-corrected chi connectivity index (χ4v) is 6.48. The fourth-order valence-electron chi connectivity index (χ4n) is 5.39. The summed E-state index contributed by atoms with van der Waals surface area (Å²) in [6.07, 6.45) is 3.19. The van der Waals surface area contributed by atoms with Crippen LogP contribution in [0.25, 0.3) is 0 Å². The van der Waals surface area contributed by atoms with Gasteiger partial charge in [-0.2, -0.15) is 0 Å². The Kier molecular flexibility index (Phi) is 7.32. The Morgan fingerprint density at radius 2 is 1.65 bits per heavy atom. The van der Waals surface area contributed by atoms with Gasteiger partial charge in [-0.15, -0.1) is 11.3 Å². The largest absolute Gasteiger partial charge is 0.436 e. The molecule has 2 aliphatic heterocycles. The van der Waals surface area contributed by atoms with E-state index < -0.39 is 11.9 Å². The first-order valence-corrected chi connectivity index (χ1v) is 13.7. The molecule has 0 unspecified atom stereocenters. The SMILES string of the molecule is CN1CCc2nc(C(=O)N[C@H]3CC[C@H](C(=O)N(C)C)C[C@H]3NC(=O)c3nc4c(s3)CN(C)CC4)oc2C1. The smallest absolute Gasteiger partial charge is 0.307 e. The van der Waals surface area contributed by atoms with Crippen molar-refractivity contribution >= 4 is 29.1 Å². The fraction of sp³-hybridized carbons (Fsp3) is 0.640. The number of oxazole rings is 1. The van der Waals surface area contributed by atoms with Crippen LogP contribution in [0.3, 0.4) is 0 Å². The van der Waals surface area contributed by atoms with Crippen LogP contribution >= 0.6 is 11.3 Å². The number of amides is 3. The Balaban J connectivity index is 1.31. The minimum absolute atomic E-state index is 0.0290. The van der Waals surface area contributed by atoms with Crippen molar-refractivity contribution in [2.24, 2.45) is 5.92 Å². The van der Waals surface area contributed by atoms with E-state index in [1.54, 1.807) is 19.0 Å². The van der Waals surface area contributed by atoms with Crippen LogP contribution in [0.15, 0.2) is 4.42 Å². The third-order valence-corrected chi connectivity index (χ3v) is 8.59. The average molecular weight is 530 g/mol. The lowest BCUT2D eigenvalue weighted by atomic mass is 9.81. The van der Waals surface area contributed by atoms with E-state index in [1.807, 2.05) is 7.05 Å². The van der Waals surface area contributed by atoms with Gasteiger partial charge in [-0.1, -0.05) is 0 Å². The minimum atomic E-state index is -0.418. The number of thiazole rings is 1. The third-order valence-electron chi connectivity index (χ3n) is 7.51. The normalized spacial score (nSPS) is 24.2. The van der Waals surface area contributed by atoms with Gasteiger partial charge in [0.05, 0.1) is 24.0 Å². The van der Waals surface area contributed by atoms with E-state index in [0.29, 0.717) is 30.8 Å². The molecule has 2 N–H and O–H groups in total. The van der Waals surface area contributed by atoms with E-state index in [4.69, 9.17) is 4.42 Å². The molecule has 3 amide bonds. The van der Waals surface area contributed by atoms with Crippen LogP contribution in [0, 0.1) is 5.92 Å². The molecule has 1 fully saturated rings. The Hall–Kier alpha value is -2.83. The van der Waals surface area contributed by atoms with Gasteiger partial charge in [0.2, 0.25) is 5.91 Å². The third kappa shape index (κ3) is 5.55. The highest BCUT2D eigenvalue weighted by atomic mass is 32.1. The van der Waals surface area contributed by atoms with Gasteiger partial charge in [0.25, 0.3) is 11.8 Å². The highest BCUT2D eigenvalue weighted by molar-refractivity contribution is 7.13. The molecule has 12 heteroatoms. The molecule has 3 aliphatic rings. The van der Waals surface area contributed by atoms with E-state index in [1.165, 1.54) is 11.3 Å². The number of rotatable bonds is 5. The molecule has 0 spiro atoms. The first kappa shape index (κ1) is 25.8. The number of carbonyl (C=O) groups excluding carboxylic acids is 3. The van der Waals surface area contributed by atoms with Crippen LogP contribution in [0.1, 0.15) is 61.8 Å². The Morgan fingerprint density at radius 1 is 0.946 bits per heavy atom. The molecule has 4 heterocycles. The second-order valence-corrected chi connectivity index (χ2v) is 11.7. The summed E-state index contributed by atoms with van der Waals surface area (Å²) in [5, 5.41) is 6.55. The van der Waals surface area contributed by atoms with Crippen molar-refractivity contribution < 1.29 is 18.8 Å². The number of carbonyl (C=O) groups is 3. The van der Waals surface area contributed by atoms with Gasteiger partial charge in [0.1, 0.15) is 5.76 Å². The molecular weight excluding hydrogens is 494 g/mol. The van der Waals surface area contributed by atoms with Crippen LogP contribution in [0.2, 0.25) is 0 Å². The molecule has 3 atom stereocenters. The van der Waals surface area contributed by atoms with Gasteiger partial charge in [0.15, 0.2) is 5.01 Å². The maximum absolute atomic E-state index is 13.3. The highest BCUT2D eigenvalue weighted by Crippen LogP contribution is 2.29. The molecule has 11 nitrogen and oxygen atoms in total. The van der Waals surface area contributed by atoms with Gasteiger partial charge in [-0.3, -0.25) is 19.3 Å². The van der Waals surface area contributed by atoms with E-state index in [9.17, 15) is 14.4 Å². The molecule has 1 aliphatic carbocycles. The quantitative estimate of drug-likeness (QED) is 0.586. The predicted octanol–water partition coefficient (Wildman–Crippen LogP) is 0.892. The zero-order chi connectivity index (χ0) is 26.3. The molecule has 2 aromatic heterocycles. The zero-order valence-electron chi connectivity index (χ0n) is 21.9. The number of nitrogens with one attached hydrogen (secondary N) is 2. The molecule has 0 radical (unpaired) electrons. The Morgan fingerprint density at radius 3 is 2.41 bits per heavy atom. The van der Waals surface area contributed by atoms with Gasteiger partial charge < -0.3 is 24.9 Å². The number of fused-ring (bicyclic) bond motifs is 2. The molecule has 0 saturated heterocycles. The number of hydrogen-bond donors (Lipinski definition) is 2. The van der Waals surface area contributed by atoms with Crippen molar-refractivity contribution in [2.45, 2.75) is 57.3 Å². The number of nitrogens with zero attached hydrogens (tertiary/aromatic N) is 5. The lowest BCUT2D eigenvalue weighted by Crippen LogP contribution is -2.56. The molecule has 0 aromatic carbocycles. The first-order chi connectivity index (χ1) is 17.7. The lowest BCUT2D eigenvalue weighted by Gasteiger charge is -2.36. The Bertz CT molecular complexity index is 1190. The van der Waals surface area contributed by atoms with Crippen molar-refractivity contribution in [3.05, 3.63) is 32.9 Å². The summed E-state index contributed by atoms with van der Waals surface area (Å²) in [6, 6.07) is -0.770. The monoisotopic (exact) mass is 529 g/mol. The number of aromatic nitrogens is 2. The molecule has 1 saturated carbocycles. The van der Waals surface area contributed by atoms with E-state index in [-0.39, 0.29) is 29.7 Å². The number of likely N-dealkylation sites (N-methyl/N-ethyl adjacent to an activating group) is 2. The maximum Gasteiger partial charge on any atom is 0.307 e. The van der Waals surface area contributed by atoms with Gasteiger partial charge in [0, 0.05) is 63.4 Å². The summed E-state index contributed by atoms with van der Waals surface area (Å²) in [7, 11) is 7.54. The first-order valence-electron chi connectivity index (χ1n) is 12.8. The topological polar surface area (TPSA) is 124 Å². The molecule has 0 bridgehead atoms. The molecular formula is C25H35N7O4S. The van der Waals surface area contributed by atoms with E-state index >= 15 is 0 Å². The maximum atomic E-state index is 13.3. The van der Waals surface area contributed by atoms with Crippen molar-refractivity contribution in [3.8, 4) is 0 Å². The van der Waals surface area contributed by atoms with Crippen LogP contribution < -0.4 is 10.6 Å². The van der Waals surface area contributed by atoms with E-state index in [0.717, 1.165) is 54.5 Å². The van der Waals surface area contributed by atoms with Crippen molar-refractivity contribution in [3.63, 3.8) is 0 Å². The number of hydrogen-bond acceptors (Lipinski definition) is 9. The van der Waals surface area contributed by atoms with Gasteiger partial charge in [-0.25, -0.2) is 9.97 Å². The van der Waals surface area contributed by atoms with Crippen LogP contribution in [0.4, 0.5) is 0 Å². The second-order valence-electron chi connectivity index (χ2n) is 10.7. The van der Waals surface area contributed by atoms with Crippen LogP contribution in [-0.4, -0.2) is 95.8 Å². The molecule has 200 valence electrons. The summed E-state index contributed by atoms with van der Waals surface area (Å²) in [6.45, 7) is 3.20. The molecule has 37 heavy (non-hydrogen) atoms.